The molecule has 2 amide bonds. The lowest BCUT2D eigenvalue weighted by molar-refractivity contribution is 0.0691. The van der Waals surface area contributed by atoms with E-state index in [0.29, 0.717) is 24.5 Å². The van der Waals surface area contributed by atoms with Crippen LogP contribution in [0.5, 0.6) is 0 Å². The van der Waals surface area contributed by atoms with Crippen LogP contribution in [0.25, 0.3) is 0 Å². The molecule has 0 atom stereocenters. The van der Waals surface area contributed by atoms with Crippen LogP contribution in [0, 0.1) is 6.92 Å². The van der Waals surface area contributed by atoms with Gasteiger partial charge in [-0.2, -0.15) is 0 Å². The van der Waals surface area contributed by atoms with E-state index in [0.717, 1.165) is 23.5 Å². The van der Waals surface area contributed by atoms with E-state index < -0.39 is 0 Å². The summed E-state index contributed by atoms with van der Waals surface area (Å²) in [6.07, 6.45) is 2.96. The third kappa shape index (κ3) is 3.43. The SMILES string of the molecule is CNc1nc(C(=O)N2CCC(NC(=O)c3occc3C)CC2)cs1. The van der Waals surface area contributed by atoms with E-state index in [2.05, 4.69) is 15.6 Å². The topological polar surface area (TPSA) is 87.5 Å². The molecule has 3 rings (SSSR count). The van der Waals surface area contributed by atoms with Crippen LogP contribution < -0.4 is 10.6 Å². The lowest BCUT2D eigenvalue weighted by atomic mass is 10.0. The number of furan rings is 1. The summed E-state index contributed by atoms with van der Waals surface area (Å²) in [7, 11) is 1.78. The highest BCUT2D eigenvalue weighted by molar-refractivity contribution is 7.13. The van der Waals surface area contributed by atoms with E-state index >= 15 is 0 Å². The molecule has 2 aromatic rings. The zero-order valence-electron chi connectivity index (χ0n) is 13.7. The molecule has 0 aliphatic carbocycles. The minimum atomic E-state index is -0.194. The number of anilines is 1. The molecule has 2 aromatic heterocycles. The van der Waals surface area contributed by atoms with Gasteiger partial charge in [-0.25, -0.2) is 4.98 Å². The second-order valence-electron chi connectivity index (χ2n) is 5.76. The number of thiazole rings is 1. The molecule has 1 aliphatic heterocycles. The minimum absolute atomic E-state index is 0.0503. The van der Waals surface area contributed by atoms with Crippen molar-refractivity contribution < 1.29 is 14.0 Å². The Morgan fingerprint density at radius 2 is 2.12 bits per heavy atom. The first-order valence-corrected chi connectivity index (χ1v) is 8.74. The number of nitrogens with zero attached hydrogens (tertiary/aromatic N) is 2. The van der Waals surface area contributed by atoms with Crippen molar-refractivity contribution in [3.05, 3.63) is 34.7 Å². The molecule has 0 spiro atoms. The summed E-state index contributed by atoms with van der Waals surface area (Å²) in [6, 6.07) is 1.82. The highest BCUT2D eigenvalue weighted by Crippen LogP contribution is 2.19. The molecule has 8 heteroatoms. The molecular formula is C16H20N4O3S. The van der Waals surface area contributed by atoms with Crippen LogP contribution >= 0.6 is 11.3 Å². The molecular weight excluding hydrogens is 328 g/mol. The number of rotatable bonds is 4. The number of aromatic nitrogens is 1. The van der Waals surface area contributed by atoms with Gasteiger partial charge in [-0.15, -0.1) is 11.3 Å². The maximum Gasteiger partial charge on any atom is 0.287 e. The Hall–Kier alpha value is -2.35. The predicted molar refractivity (Wildman–Crippen MR) is 91.5 cm³/mol. The normalized spacial score (nSPS) is 15.3. The van der Waals surface area contributed by atoms with Gasteiger partial charge in [0.05, 0.1) is 6.26 Å². The van der Waals surface area contributed by atoms with Crippen molar-refractivity contribution in [2.24, 2.45) is 0 Å². The molecule has 2 N–H and O–H groups in total. The zero-order chi connectivity index (χ0) is 17.1. The van der Waals surface area contributed by atoms with Crippen molar-refractivity contribution in [3.63, 3.8) is 0 Å². The van der Waals surface area contributed by atoms with Gasteiger partial charge < -0.3 is 20.0 Å². The number of carbonyl (C=O) groups excluding carboxylic acids is 2. The van der Waals surface area contributed by atoms with Gasteiger partial charge in [-0.05, 0) is 25.8 Å². The molecule has 0 radical (unpaired) electrons. The fraction of sp³-hybridized carbons (Fsp3) is 0.438. The van der Waals surface area contributed by atoms with Gasteiger partial charge in [0, 0.05) is 37.1 Å². The van der Waals surface area contributed by atoms with Gasteiger partial charge in [-0.3, -0.25) is 9.59 Å². The van der Waals surface area contributed by atoms with Crippen LogP contribution in [0.4, 0.5) is 5.13 Å². The average Bonchev–Trinajstić information content (AvgIpc) is 3.23. The number of aryl methyl sites for hydroxylation is 1. The van der Waals surface area contributed by atoms with Gasteiger partial charge >= 0.3 is 0 Å². The molecule has 1 fully saturated rings. The second-order valence-corrected chi connectivity index (χ2v) is 6.62. The summed E-state index contributed by atoms with van der Waals surface area (Å²) in [6.45, 7) is 3.05. The molecule has 0 bridgehead atoms. The smallest absolute Gasteiger partial charge is 0.287 e. The van der Waals surface area contributed by atoms with E-state index in [1.165, 1.54) is 17.6 Å². The van der Waals surface area contributed by atoms with Crippen molar-refractivity contribution in [1.82, 2.24) is 15.2 Å². The number of likely N-dealkylation sites (tertiary alicyclic amines) is 1. The van der Waals surface area contributed by atoms with Crippen molar-refractivity contribution in [2.75, 3.05) is 25.5 Å². The summed E-state index contributed by atoms with van der Waals surface area (Å²) >= 11 is 1.41. The molecule has 1 aliphatic rings. The van der Waals surface area contributed by atoms with Gasteiger partial charge in [0.1, 0.15) is 5.69 Å². The zero-order valence-corrected chi connectivity index (χ0v) is 14.5. The number of amides is 2. The second kappa shape index (κ2) is 7.04. The third-order valence-corrected chi connectivity index (χ3v) is 4.98. The first-order chi connectivity index (χ1) is 11.6. The number of hydrogen-bond donors (Lipinski definition) is 2. The quantitative estimate of drug-likeness (QED) is 0.884. The van der Waals surface area contributed by atoms with Crippen LogP contribution in [0.2, 0.25) is 0 Å². The van der Waals surface area contributed by atoms with Crippen LogP contribution in [-0.2, 0) is 0 Å². The molecule has 1 saturated heterocycles. The fourth-order valence-electron chi connectivity index (χ4n) is 2.73. The highest BCUT2D eigenvalue weighted by Gasteiger charge is 2.26. The number of piperidine rings is 1. The number of carbonyl (C=O) groups is 2. The minimum Gasteiger partial charge on any atom is -0.459 e. The molecule has 0 saturated carbocycles. The summed E-state index contributed by atoms with van der Waals surface area (Å²) in [4.78, 5) is 30.6. The monoisotopic (exact) mass is 348 g/mol. The standard InChI is InChI=1S/C16H20N4O3S/c1-10-5-8-23-13(10)14(21)18-11-3-6-20(7-4-11)15(22)12-9-24-16(17-2)19-12/h5,8-9,11H,3-4,6-7H2,1-2H3,(H,17,19)(H,18,21). The van der Waals surface area contributed by atoms with E-state index in [1.54, 1.807) is 23.4 Å². The van der Waals surface area contributed by atoms with E-state index in [9.17, 15) is 9.59 Å². The van der Waals surface area contributed by atoms with Crippen LogP contribution in [0.1, 0.15) is 39.4 Å². The maximum absolute atomic E-state index is 12.4. The molecule has 3 heterocycles. The van der Waals surface area contributed by atoms with Crippen LogP contribution in [-0.4, -0.2) is 47.9 Å². The lowest BCUT2D eigenvalue weighted by Crippen LogP contribution is -2.46. The van der Waals surface area contributed by atoms with Crippen LogP contribution in [0.3, 0.4) is 0 Å². The molecule has 24 heavy (non-hydrogen) atoms. The number of hydrogen-bond acceptors (Lipinski definition) is 6. The predicted octanol–water partition coefficient (Wildman–Crippen LogP) is 2.12. The van der Waals surface area contributed by atoms with Crippen molar-refractivity contribution in [3.8, 4) is 0 Å². The Balaban J connectivity index is 1.53. The van der Waals surface area contributed by atoms with Crippen molar-refractivity contribution in [1.29, 1.82) is 0 Å². The Labute approximate surface area is 144 Å². The van der Waals surface area contributed by atoms with E-state index in [4.69, 9.17) is 4.42 Å². The first kappa shape index (κ1) is 16.5. The highest BCUT2D eigenvalue weighted by atomic mass is 32.1. The Kier molecular flexibility index (Phi) is 4.84. The van der Waals surface area contributed by atoms with E-state index in [-0.39, 0.29) is 17.9 Å². The molecule has 0 unspecified atom stereocenters. The summed E-state index contributed by atoms with van der Waals surface area (Å²) in [5.41, 5.74) is 1.29. The largest absolute Gasteiger partial charge is 0.459 e. The Morgan fingerprint density at radius 1 is 1.38 bits per heavy atom. The maximum atomic E-state index is 12.4. The fourth-order valence-corrected chi connectivity index (χ4v) is 3.38. The molecule has 0 aromatic carbocycles. The average molecular weight is 348 g/mol. The first-order valence-electron chi connectivity index (χ1n) is 7.86. The summed E-state index contributed by atoms with van der Waals surface area (Å²) in [5, 5.41) is 8.41. The van der Waals surface area contributed by atoms with Crippen LogP contribution in [0.15, 0.2) is 22.1 Å². The Morgan fingerprint density at radius 3 is 2.71 bits per heavy atom. The molecule has 7 nitrogen and oxygen atoms in total. The van der Waals surface area contributed by atoms with E-state index in [1.807, 2.05) is 6.92 Å². The van der Waals surface area contributed by atoms with Crippen molar-refractivity contribution >= 4 is 28.3 Å². The van der Waals surface area contributed by atoms with Crippen molar-refractivity contribution in [2.45, 2.75) is 25.8 Å². The van der Waals surface area contributed by atoms with Gasteiger partial charge in [-0.1, -0.05) is 0 Å². The Bertz CT molecular complexity index is 731. The van der Waals surface area contributed by atoms with Gasteiger partial charge in [0.2, 0.25) is 0 Å². The third-order valence-electron chi connectivity index (χ3n) is 4.12. The molecule has 128 valence electrons. The van der Waals surface area contributed by atoms with Gasteiger partial charge in [0.15, 0.2) is 10.9 Å². The summed E-state index contributed by atoms with van der Waals surface area (Å²) < 4.78 is 5.21. The summed E-state index contributed by atoms with van der Waals surface area (Å²) in [5.74, 6) is 0.107. The lowest BCUT2D eigenvalue weighted by Gasteiger charge is -2.31. The van der Waals surface area contributed by atoms with Gasteiger partial charge in [0.25, 0.3) is 11.8 Å². The number of nitrogens with one attached hydrogen (secondary N) is 2.